The minimum Gasteiger partial charge on any atom is -0.461 e. The van der Waals surface area contributed by atoms with Crippen LogP contribution in [0.5, 0.6) is 0 Å². The number of carbonyl (C=O) groups is 2. The van der Waals surface area contributed by atoms with Crippen LogP contribution in [-0.4, -0.2) is 33.2 Å². The Morgan fingerprint density at radius 2 is 1.96 bits per heavy atom. The summed E-state index contributed by atoms with van der Waals surface area (Å²) in [6, 6.07) is 4.79. The molecular weight excluding hydrogens is 364 g/mol. The van der Waals surface area contributed by atoms with E-state index >= 15 is 0 Å². The molecule has 3 aromatic rings. The summed E-state index contributed by atoms with van der Waals surface area (Å²) in [7, 11) is 0. The maximum atomic E-state index is 12.9. The van der Waals surface area contributed by atoms with E-state index in [9.17, 15) is 14.4 Å². The van der Waals surface area contributed by atoms with Crippen molar-refractivity contribution in [3.63, 3.8) is 0 Å². The topological polar surface area (TPSA) is 116 Å². The number of aryl methyl sites for hydroxylation is 2. The lowest BCUT2D eigenvalue weighted by atomic mass is 10.1. The van der Waals surface area contributed by atoms with Crippen molar-refractivity contribution in [1.29, 1.82) is 0 Å². The van der Waals surface area contributed by atoms with Crippen LogP contribution in [0, 0.1) is 13.8 Å². The van der Waals surface area contributed by atoms with Gasteiger partial charge in [0, 0.05) is 5.69 Å². The normalized spacial score (nSPS) is 12.0. The molecule has 1 atom stereocenters. The number of hydrogen-bond acceptors (Lipinski definition) is 7. The van der Waals surface area contributed by atoms with Crippen LogP contribution in [0.15, 0.2) is 33.8 Å². The van der Waals surface area contributed by atoms with Crippen molar-refractivity contribution in [1.82, 2.24) is 14.7 Å². The highest BCUT2D eigenvalue weighted by molar-refractivity contribution is 6.00. The summed E-state index contributed by atoms with van der Waals surface area (Å²) in [6.45, 7) is 7.09. The highest BCUT2D eigenvalue weighted by atomic mass is 16.5. The van der Waals surface area contributed by atoms with Crippen molar-refractivity contribution in [3.05, 3.63) is 51.7 Å². The zero-order valence-electron chi connectivity index (χ0n) is 16.0. The van der Waals surface area contributed by atoms with Gasteiger partial charge in [0.1, 0.15) is 17.8 Å². The van der Waals surface area contributed by atoms with E-state index in [1.807, 2.05) is 32.0 Å². The molecule has 0 aliphatic rings. The van der Waals surface area contributed by atoms with Gasteiger partial charge in [-0.15, -0.1) is 0 Å². The number of carbonyl (C=O) groups excluding carboxylic acids is 2. The third-order valence-corrected chi connectivity index (χ3v) is 4.42. The second-order valence-electron chi connectivity index (χ2n) is 6.32. The lowest BCUT2D eigenvalue weighted by molar-refractivity contribution is -0.118. The number of aromatic nitrogens is 3. The second-order valence-corrected chi connectivity index (χ2v) is 6.32. The van der Waals surface area contributed by atoms with Crippen LogP contribution in [0.1, 0.15) is 41.5 Å². The molecule has 9 nitrogen and oxygen atoms in total. The molecule has 0 saturated carbocycles. The van der Waals surface area contributed by atoms with Crippen LogP contribution in [0.2, 0.25) is 0 Å². The first-order valence-electron chi connectivity index (χ1n) is 8.75. The first-order valence-corrected chi connectivity index (χ1v) is 8.75. The van der Waals surface area contributed by atoms with Gasteiger partial charge in [-0.25, -0.2) is 9.78 Å². The highest BCUT2D eigenvalue weighted by Gasteiger charge is 2.25. The van der Waals surface area contributed by atoms with Crippen LogP contribution >= 0.6 is 0 Å². The summed E-state index contributed by atoms with van der Waals surface area (Å²) in [5.74, 6) is -1.18. The van der Waals surface area contributed by atoms with Crippen LogP contribution in [0.4, 0.5) is 5.69 Å². The molecule has 0 fully saturated rings. The molecule has 0 aliphatic carbocycles. The zero-order chi connectivity index (χ0) is 20.4. The van der Waals surface area contributed by atoms with Crippen molar-refractivity contribution in [3.8, 4) is 0 Å². The summed E-state index contributed by atoms with van der Waals surface area (Å²) in [5, 5.41) is 6.31. The van der Waals surface area contributed by atoms with Gasteiger partial charge in [0.25, 0.3) is 11.3 Å². The monoisotopic (exact) mass is 384 g/mol. The Balaban J connectivity index is 1.97. The molecule has 3 rings (SSSR count). The lowest BCUT2D eigenvalue weighted by Gasteiger charge is -2.17. The molecule has 1 aromatic carbocycles. The van der Waals surface area contributed by atoms with E-state index in [1.54, 1.807) is 13.8 Å². The molecule has 2 aromatic heterocycles. The van der Waals surface area contributed by atoms with E-state index in [1.165, 1.54) is 6.33 Å². The molecule has 2 heterocycles. The average Bonchev–Trinajstić information content (AvgIpc) is 3.10. The number of ether oxygens (including phenoxy) is 1. The van der Waals surface area contributed by atoms with Crippen molar-refractivity contribution in [2.75, 3.05) is 11.9 Å². The number of para-hydroxylation sites is 1. The minimum absolute atomic E-state index is 0.0911. The number of esters is 1. The first kappa shape index (κ1) is 19.3. The van der Waals surface area contributed by atoms with E-state index in [0.29, 0.717) is 5.69 Å². The minimum atomic E-state index is -0.881. The fraction of sp³-hybridized carbons (Fsp3) is 0.316. The van der Waals surface area contributed by atoms with E-state index in [4.69, 9.17) is 9.26 Å². The van der Waals surface area contributed by atoms with Crippen molar-refractivity contribution >= 4 is 28.7 Å². The molecule has 0 radical (unpaired) electrons. The van der Waals surface area contributed by atoms with E-state index in [0.717, 1.165) is 15.7 Å². The molecule has 1 N–H and O–H groups in total. The Kier molecular flexibility index (Phi) is 5.25. The fourth-order valence-corrected chi connectivity index (χ4v) is 2.84. The smallest absolute Gasteiger partial charge is 0.361 e. The number of fused-ring (bicyclic) bond motifs is 1. The Hall–Kier alpha value is -3.49. The summed E-state index contributed by atoms with van der Waals surface area (Å²) in [5.41, 5.74) is 1.55. The van der Waals surface area contributed by atoms with Crippen LogP contribution < -0.4 is 10.9 Å². The number of nitrogens with zero attached hydrogens (tertiary/aromatic N) is 3. The molecule has 0 aliphatic heterocycles. The van der Waals surface area contributed by atoms with Gasteiger partial charge in [0.15, 0.2) is 0 Å². The van der Waals surface area contributed by atoms with E-state index in [2.05, 4.69) is 15.5 Å². The predicted octanol–water partition coefficient (Wildman–Crippen LogP) is 2.38. The maximum absolute atomic E-state index is 12.9. The molecule has 28 heavy (non-hydrogen) atoms. The molecule has 0 unspecified atom stereocenters. The summed E-state index contributed by atoms with van der Waals surface area (Å²) < 4.78 is 11.0. The zero-order valence-corrected chi connectivity index (χ0v) is 16.0. The van der Waals surface area contributed by atoms with Crippen molar-refractivity contribution in [2.24, 2.45) is 0 Å². The summed E-state index contributed by atoms with van der Waals surface area (Å²) in [4.78, 5) is 41.6. The van der Waals surface area contributed by atoms with Gasteiger partial charge in [-0.1, -0.05) is 23.4 Å². The van der Waals surface area contributed by atoms with E-state index in [-0.39, 0.29) is 23.4 Å². The van der Waals surface area contributed by atoms with Gasteiger partial charge in [-0.05, 0) is 38.8 Å². The first-order chi connectivity index (χ1) is 13.3. The average molecular weight is 384 g/mol. The number of hydrogen-bond donors (Lipinski definition) is 1. The van der Waals surface area contributed by atoms with Crippen LogP contribution in [0.3, 0.4) is 0 Å². The Morgan fingerprint density at radius 3 is 2.61 bits per heavy atom. The number of rotatable bonds is 5. The molecule has 0 bridgehead atoms. The van der Waals surface area contributed by atoms with Crippen molar-refractivity contribution < 1.29 is 18.8 Å². The standard InChI is InChI=1S/C19H20N4O5/c1-5-27-19(26)15-13-17(28-22-15)20-9-23(18(13)25)12(4)16(24)21-14-10(2)7-6-8-11(14)3/h6-9,12H,5H2,1-4H3,(H,21,24)/t12-/m0/s1. The van der Waals surface area contributed by atoms with Gasteiger partial charge >= 0.3 is 5.97 Å². The van der Waals surface area contributed by atoms with Crippen LogP contribution in [0.25, 0.3) is 11.1 Å². The van der Waals surface area contributed by atoms with Gasteiger partial charge in [-0.2, -0.15) is 0 Å². The highest BCUT2D eigenvalue weighted by Crippen LogP contribution is 2.21. The molecule has 146 valence electrons. The Bertz CT molecular complexity index is 1090. The Labute approximate surface area is 160 Å². The summed E-state index contributed by atoms with van der Waals surface area (Å²) >= 11 is 0. The van der Waals surface area contributed by atoms with Gasteiger partial charge < -0.3 is 14.6 Å². The quantitative estimate of drug-likeness (QED) is 0.671. The lowest BCUT2D eigenvalue weighted by Crippen LogP contribution is -2.32. The number of anilines is 1. The van der Waals surface area contributed by atoms with Gasteiger partial charge in [0.05, 0.1) is 6.61 Å². The third kappa shape index (κ3) is 3.38. The Morgan fingerprint density at radius 1 is 1.29 bits per heavy atom. The third-order valence-electron chi connectivity index (χ3n) is 4.42. The summed E-state index contributed by atoms with van der Waals surface area (Å²) in [6.07, 6.45) is 1.19. The molecule has 9 heteroatoms. The van der Waals surface area contributed by atoms with Crippen LogP contribution in [-0.2, 0) is 9.53 Å². The number of amides is 1. The molecular formula is C19H20N4O5. The SMILES string of the molecule is CCOC(=O)c1noc2ncn([C@@H](C)C(=O)Nc3c(C)cccc3C)c(=O)c12. The van der Waals surface area contributed by atoms with Gasteiger partial charge in [0.2, 0.25) is 11.6 Å². The maximum Gasteiger partial charge on any atom is 0.361 e. The largest absolute Gasteiger partial charge is 0.461 e. The number of benzene rings is 1. The molecule has 0 spiro atoms. The predicted molar refractivity (Wildman–Crippen MR) is 101 cm³/mol. The molecule has 1 amide bonds. The second kappa shape index (κ2) is 7.63. The van der Waals surface area contributed by atoms with E-state index < -0.39 is 23.5 Å². The molecule has 0 saturated heterocycles. The number of nitrogens with one attached hydrogen (secondary N) is 1. The fourth-order valence-electron chi connectivity index (χ4n) is 2.84. The van der Waals surface area contributed by atoms with Gasteiger partial charge in [-0.3, -0.25) is 14.2 Å². The van der Waals surface area contributed by atoms with Crippen molar-refractivity contribution in [2.45, 2.75) is 33.7 Å².